The molecule has 1 atom stereocenters. The van der Waals surface area contributed by atoms with Gasteiger partial charge >= 0.3 is 0 Å². The molecule has 5 heteroatoms. The van der Waals surface area contributed by atoms with Crippen LogP contribution in [0.3, 0.4) is 0 Å². The van der Waals surface area contributed by atoms with Gasteiger partial charge in [0, 0.05) is 18.3 Å². The van der Waals surface area contributed by atoms with Crippen LogP contribution >= 0.6 is 0 Å². The van der Waals surface area contributed by atoms with Crippen LogP contribution in [0.4, 0.5) is 0 Å². The maximum atomic E-state index is 12.8. The Bertz CT molecular complexity index is 1030. The molecule has 0 aliphatic heterocycles. The smallest absolute Gasteiger partial charge is 0.209 e. The summed E-state index contributed by atoms with van der Waals surface area (Å²) < 4.78 is 7.22. The van der Waals surface area contributed by atoms with Gasteiger partial charge in [-0.15, -0.1) is 0 Å². The number of aryl methyl sites for hydroxylation is 1. The molecule has 0 spiro atoms. The van der Waals surface area contributed by atoms with Crippen molar-refractivity contribution in [3.8, 4) is 5.75 Å². The molecule has 0 fully saturated rings. The molecule has 29 heavy (non-hydrogen) atoms. The molecule has 5 nitrogen and oxygen atoms in total. The number of rotatable bonds is 8. The lowest BCUT2D eigenvalue weighted by Crippen LogP contribution is -2.37. The summed E-state index contributed by atoms with van der Waals surface area (Å²) in [6.07, 6.45) is 4.68. The third kappa shape index (κ3) is 5.23. The SMILES string of the molecule is Cc1ccc(C(=O)c2cccn2C/C=C/c2cccc(O[C@@H](C)C(=O)[O-])c2)cc1. The molecule has 0 N–H and O–H groups in total. The molecular weight excluding hydrogens is 366 g/mol. The van der Waals surface area contributed by atoms with Gasteiger partial charge in [0.2, 0.25) is 5.78 Å². The molecule has 0 unspecified atom stereocenters. The van der Waals surface area contributed by atoms with E-state index in [4.69, 9.17) is 4.74 Å². The van der Waals surface area contributed by atoms with Gasteiger partial charge in [0.15, 0.2) is 0 Å². The minimum atomic E-state index is -1.26. The molecule has 0 saturated carbocycles. The second kappa shape index (κ2) is 9.06. The number of carboxylic acid groups (broad SMARTS) is 1. The van der Waals surface area contributed by atoms with Crippen LogP contribution in [0.2, 0.25) is 0 Å². The predicted octanol–water partition coefficient (Wildman–Crippen LogP) is 3.26. The first-order valence-electron chi connectivity index (χ1n) is 9.34. The van der Waals surface area contributed by atoms with Gasteiger partial charge in [-0.2, -0.15) is 0 Å². The van der Waals surface area contributed by atoms with Crippen molar-refractivity contribution < 1.29 is 19.4 Å². The summed E-state index contributed by atoms with van der Waals surface area (Å²) in [5.74, 6) is -0.820. The lowest BCUT2D eigenvalue weighted by Gasteiger charge is -2.15. The Morgan fingerprint density at radius 3 is 2.59 bits per heavy atom. The summed E-state index contributed by atoms with van der Waals surface area (Å²) in [5, 5.41) is 10.8. The van der Waals surface area contributed by atoms with Gasteiger partial charge < -0.3 is 19.2 Å². The summed E-state index contributed by atoms with van der Waals surface area (Å²) in [5.41, 5.74) is 3.26. The molecule has 2 aromatic carbocycles. The Balaban J connectivity index is 1.69. The van der Waals surface area contributed by atoms with Gasteiger partial charge in [-0.3, -0.25) is 4.79 Å². The molecule has 1 aromatic heterocycles. The van der Waals surface area contributed by atoms with Gasteiger partial charge in [0.05, 0.1) is 11.7 Å². The minimum absolute atomic E-state index is 0.0185. The van der Waals surface area contributed by atoms with Crippen molar-refractivity contribution >= 4 is 17.8 Å². The number of carboxylic acids is 1. The van der Waals surface area contributed by atoms with Crippen LogP contribution in [0.1, 0.15) is 34.1 Å². The molecule has 0 bridgehead atoms. The molecule has 0 saturated heterocycles. The minimum Gasteiger partial charge on any atom is -0.546 e. The quantitative estimate of drug-likeness (QED) is 0.556. The molecule has 0 aliphatic carbocycles. The number of benzene rings is 2. The second-order valence-corrected chi connectivity index (χ2v) is 6.79. The molecule has 1 heterocycles. The molecular formula is C24H22NO4-. The van der Waals surface area contributed by atoms with Gasteiger partial charge in [-0.25, -0.2) is 0 Å². The van der Waals surface area contributed by atoms with Crippen LogP contribution in [0.25, 0.3) is 6.08 Å². The van der Waals surface area contributed by atoms with Gasteiger partial charge in [0.25, 0.3) is 0 Å². The summed E-state index contributed by atoms with van der Waals surface area (Å²) in [7, 11) is 0. The largest absolute Gasteiger partial charge is 0.546 e. The Kier molecular flexibility index (Phi) is 6.29. The number of carbonyl (C=O) groups is 2. The van der Waals surface area contributed by atoms with E-state index in [1.54, 1.807) is 18.2 Å². The lowest BCUT2D eigenvalue weighted by atomic mass is 10.1. The highest BCUT2D eigenvalue weighted by Gasteiger charge is 2.12. The zero-order chi connectivity index (χ0) is 20.8. The number of nitrogens with zero attached hydrogens (tertiary/aromatic N) is 1. The zero-order valence-electron chi connectivity index (χ0n) is 16.4. The summed E-state index contributed by atoms with van der Waals surface area (Å²) >= 11 is 0. The Hall–Kier alpha value is -3.60. The van der Waals surface area contributed by atoms with Crippen molar-refractivity contribution in [2.75, 3.05) is 0 Å². The van der Waals surface area contributed by atoms with Crippen LogP contribution in [0.15, 0.2) is 72.9 Å². The van der Waals surface area contributed by atoms with Crippen molar-refractivity contribution in [3.05, 3.63) is 95.3 Å². The number of aromatic nitrogens is 1. The van der Waals surface area contributed by atoms with Crippen molar-refractivity contribution in [1.29, 1.82) is 0 Å². The fraction of sp³-hybridized carbons (Fsp3) is 0.167. The fourth-order valence-electron chi connectivity index (χ4n) is 2.88. The standard InChI is InChI=1S/C24H23NO4/c1-17-10-12-20(13-11-17)23(26)22-9-5-15-25(22)14-4-7-19-6-3-8-21(16-19)29-18(2)24(27)28/h3-13,15-16,18H,14H2,1-2H3,(H,27,28)/p-1/b7-4+/t18-/m0/s1. The van der Waals surface area contributed by atoms with E-state index >= 15 is 0 Å². The average Bonchev–Trinajstić information content (AvgIpc) is 3.17. The number of hydrogen-bond acceptors (Lipinski definition) is 4. The number of ketones is 1. The second-order valence-electron chi connectivity index (χ2n) is 6.79. The molecule has 0 amide bonds. The lowest BCUT2D eigenvalue weighted by molar-refractivity contribution is -0.312. The van der Waals surface area contributed by atoms with Crippen LogP contribution < -0.4 is 9.84 Å². The van der Waals surface area contributed by atoms with Crippen molar-refractivity contribution in [1.82, 2.24) is 4.57 Å². The Labute approximate surface area is 169 Å². The first kappa shape index (κ1) is 20.1. The van der Waals surface area contributed by atoms with E-state index in [-0.39, 0.29) is 5.78 Å². The first-order chi connectivity index (χ1) is 13.9. The highest BCUT2D eigenvalue weighted by Crippen LogP contribution is 2.17. The number of aliphatic carboxylic acids is 1. The van der Waals surface area contributed by atoms with Gasteiger partial charge in [-0.05, 0) is 43.7 Å². The fourth-order valence-corrected chi connectivity index (χ4v) is 2.88. The molecule has 3 aromatic rings. The van der Waals surface area contributed by atoms with Crippen LogP contribution in [0, 0.1) is 6.92 Å². The third-order valence-electron chi connectivity index (χ3n) is 4.49. The Morgan fingerprint density at radius 1 is 1.10 bits per heavy atom. The van der Waals surface area contributed by atoms with Crippen molar-refractivity contribution in [2.45, 2.75) is 26.5 Å². The third-order valence-corrected chi connectivity index (χ3v) is 4.49. The summed E-state index contributed by atoms with van der Waals surface area (Å²) in [6.45, 7) is 3.94. The van der Waals surface area contributed by atoms with E-state index < -0.39 is 12.1 Å². The van der Waals surface area contributed by atoms with Gasteiger partial charge in [0.1, 0.15) is 11.9 Å². The average molecular weight is 388 g/mol. The number of allylic oxidation sites excluding steroid dienone is 1. The van der Waals surface area contributed by atoms with E-state index in [0.29, 0.717) is 23.6 Å². The van der Waals surface area contributed by atoms with E-state index in [0.717, 1.165) is 11.1 Å². The van der Waals surface area contributed by atoms with Gasteiger partial charge in [-0.1, -0.05) is 54.1 Å². The predicted molar refractivity (Wildman–Crippen MR) is 110 cm³/mol. The Morgan fingerprint density at radius 2 is 1.86 bits per heavy atom. The molecule has 0 aliphatic rings. The van der Waals surface area contributed by atoms with Crippen molar-refractivity contribution in [2.24, 2.45) is 0 Å². The normalized spacial score (nSPS) is 12.1. The van der Waals surface area contributed by atoms with Crippen LogP contribution in [-0.4, -0.2) is 22.4 Å². The molecule has 3 rings (SSSR count). The first-order valence-corrected chi connectivity index (χ1v) is 9.34. The molecule has 0 radical (unpaired) electrons. The number of carbonyl (C=O) groups excluding carboxylic acids is 2. The topological polar surface area (TPSA) is 71.4 Å². The maximum Gasteiger partial charge on any atom is 0.209 e. The summed E-state index contributed by atoms with van der Waals surface area (Å²) in [6, 6.07) is 18.3. The van der Waals surface area contributed by atoms with E-state index in [2.05, 4.69) is 0 Å². The van der Waals surface area contributed by atoms with Crippen LogP contribution in [0.5, 0.6) is 5.75 Å². The zero-order valence-corrected chi connectivity index (χ0v) is 16.4. The monoisotopic (exact) mass is 388 g/mol. The molecule has 148 valence electrons. The number of ether oxygens (including phenoxy) is 1. The highest BCUT2D eigenvalue weighted by atomic mass is 16.5. The highest BCUT2D eigenvalue weighted by molar-refractivity contribution is 6.08. The maximum absolute atomic E-state index is 12.8. The van der Waals surface area contributed by atoms with Crippen molar-refractivity contribution in [3.63, 3.8) is 0 Å². The van der Waals surface area contributed by atoms with E-state index in [1.165, 1.54) is 6.92 Å². The summed E-state index contributed by atoms with van der Waals surface area (Å²) in [4.78, 5) is 23.6. The van der Waals surface area contributed by atoms with E-state index in [1.807, 2.05) is 72.3 Å². The van der Waals surface area contributed by atoms with Crippen LogP contribution in [-0.2, 0) is 11.3 Å². The number of hydrogen-bond donors (Lipinski definition) is 0. The van der Waals surface area contributed by atoms with E-state index in [9.17, 15) is 14.7 Å².